The zero-order valence-electron chi connectivity index (χ0n) is 33.1. The van der Waals surface area contributed by atoms with E-state index in [1.807, 2.05) is 44.2 Å². The SMILES string of the molecule is COc1ccc(Cn2c(=O)ccn([C@@H]3O[C@H](C(O)[C@H](NCCCNC(=O)[C@H](CC(C)C)NC(=O)OCc4ccccc4)C(=O)OC(C)(C)C)[C@@H](O)[C@H]3O)c2=O)cc1. The van der Waals surface area contributed by atoms with E-state index in [0.717, 1.165) is 27.0 Å². The van der Waals surface area contributed by atoms with Crippen molar-refractivity contribution in [1.82, 2.24) is 25.1 Å². The molecule has 1 fully saturated rings. The number of nitrogens with zero attached hydrogens (tertiary/aromatic N) is 2. The smallest absolute Gasteiger partial charge is 0.408 e. The molecule has 0 radical (unpaired) electrons. The second kappa shape index (κ2) is 20.4. The molecular formula is C40H55N5O12. The number of aliphatic hydroxyl groups excluding tert-OH is 3. The van der Waals surface area contributed by atoms with Crippen molar-refractivity contribution in [3.05, 3.63) is 98.8 Å². The molecular weight excluding hydrogens is 742 g/mol. The van der Waals surface area contributed by atoms with Crippen molar-refractivity contribution in [3.63, 3.8) is 0 Å². The average Bonchev–Trinajstić information content (AvgIpc) is 3.45. The van der Waals surface area contributed by atoms with E-state index in [-0.39, 0.29) is 38.6 Å². The summed E-state index contributed by atoms with van der Waals surface area (Å²) in [7, 11) is 1.51. The van der Waals surface area contributed by atoms with Crippen molar-refractivity contribution in [2.45, 2.75) is 109 Å². The van der Waals surface area contributed by atoms with Gasteiger partial charge >= 0.3 is 17.8 Å². The lowest BCUT2D eigenvalue weighted by molar-refractivity contribution is -0.166. The lowest BCUT2D eigenvalue weighted by Gasteiger charge is -2.31. The van der Waals surface area contributed by atoms with Gasteiger partial charge in [-0.3, -0.25) is 23.5 Å². The van der Waals surface area contributed by atoms with E-state index < -0.39 is 77.5 Å². The van der Waals surface area contributed by atoms with E-state index in [2.05, 4.69) is 16.0 Å². The Bertz CT molecular complexity index is 1890. The number of carbonyl (C=O) groups is 3. The fourth-order valence-electron chi connectivity index (χ4n) is 6.17. The minimum atomic E-state index is -1.80. The van der Waals surface area contributed by atoms with Gasteiger partial charge in [0.1, 0.15) is 54.5 Å². The van der Waals surface area contributed by atoms with Crippen LogP contribution in [0.15, 0.2) is 76.4 Å². The number of alkyl carbamates (subject to hydrolysis) is 1. The molecule has 4 rings (SSSR count). The average molecular weight is 798 g/mol. The largest absolute Gasteiger partial charge is 0.497 e. The van der Waals surface area contributed by atoms with E-state index in [1.54, 1.807) is 45.0 Å². The molecule has 2 aromatic carbocycles. The van der Waals surface area contributed by atoms with Crippen LogP contribution in [0.1, 0.15) is 64.8 Å². The highest BCUT2D eigenvalue weighted by Crippen LogP contribution is 2.31. The van der Waals surface area contributed by atoms with E-state index >= 15 is 0 Å². The topological polar surface area (TPSA) is 229 Å². The number of aliphatic hydroxyl groups is 3. The van der Waals surface area contributed by atoms with Crippen molar-refractivity contribution in [2.75, 3.05) is 20.2 Å². The first-order valence-corrected chi connectivity index (χ1v) is 18.8. The van der Waals surface area contributed by atoms with E-state index in [9.17, 15) is 39.3 Å². The summed E-state index contributed by atoms with van der Waals surface area (Å²) in [5, 5.41) is 41.9. The van der Waals surface area contributed by atoms with Crippen LogP contribution in [0.25, 0.3) is 0 Å². The number of methoxy groups -OCH3 is 1. The zero-order chi connectivity index (χ0) is 41.9. The van der Waals surface area contributed by atoms with Gasteiger partial charge in [-0.2, -0.15) is 0 Å². The molecule has 17 nitrogen and oxygen atoms in total. The Morgan fingerprint density at radius 3 is 2.25 bits per heavy atom. The number of rotatable bonds is 18. The third kappa shape index (κ3) is 12.7. The molecule has 17 heteroatoms. The Hall–Kier alpha value is -5.07. The Kier molecular flexibility index (Phi) is 16.0. The van der Waals surface area contributed by atoms with Crippen molar-refractivity contribution in [2.24, 2.45) is 5.92 Å². The maximum absolute atomic E-state index is 13.5. The highest BCUT2D eigenvalue weighted by atomic mass is 16.6. The maximum Gasteiger partial charge on any atom is 0.408 e. The summed E-state index contributed by atoms with van der Waals surface area (Å²) in [5.41, 5.74) is -1.01. The van der Waals surface area contributed by atoms with Gasteiger partial charge in [-0.05, 0) is 69.3 Å². The van der Waals surface area contributed by atoms with Gasteiger partial charge in [0, 0.05) is 18.8 Å². The summed E-state index contributed by atoms with van der Waals surface area (Å²) < 4.78 is 23.7. The molecule has 312 valence electrons. The summed E-state index contributed by atoms with van der Waals surface area (Å²) in [6.07, 6.45) is -7.44. The molecule has 2 heterocycles. The molecule has 1 aromatic heterocycles. The fourth-order valence-corrected chi connectivity index (χ4v) is 6.17. The van der Waals surface area contributed by atoms with Crippen LogP contribution < -0.4 is 31.9 Å². The van der Waals surface area contributed by atoms with Crippen LogP contribution >= 0.6 is 0 Å². The van der Waals surface area contributed by atoms with Gasteiger partial charge in [0.25, 0.3) is 5.56 Å². The number of nitrogens with one attached hydrogen (secondary N) is 3. The van der Waals surface area contributed by atoms with E-state index in [1.165, 1.54) is 7.11 Å². The van der Waals surface area contributed by atoms with Crippen molar-refractivity contribution in [1.29, 1.82) is 0 Å². The van der Waals surface area contributed by atoms with E-state index in [0.29, 0.717) is 17.7 Å². The predicted molar refractivity (Wildman–Crippen MR) is 207 cm³/mol. The number of hydrogen-bond donors (Lipinski definition) is 6. The normalized spacial score (nSPS) is 19.7. The van der Waals surface area contributed by atoms with Gasteiger partial charge < -0.3 is 50.2 Å². The van der Waals surface area contributed by atoms with Crippen molar-refractivity contribution in [3.8, 4) is 5.75 Å². The minimum Gasteiger partial charge on any atom is -0.497 e. The number of amides is 2. The van der Waals surface area contributed by atoms with Gasteiger partial charge in [-0.1, -0.05) is 56.3 Å². The molecule has 1 saturated heterocycles. The Morgan fingerprint density at radius 2 is 1.61 bits per heavy atom. The lowest BCUT2D eigenvalue weighted by atomic mass is 9.99. The lowest BCUT2D eigenvalue weighted by Crippen LogP contribution is -2.56. The Labute approximate surface area is 330 Å². The molecule has 3 aromatic rings. The molecule has 7 atom stereocenters. The standard InChI is InChI=1S/C40H55N5O12/c1-24(2)21-28(43-38(52)55-23-26-11-8-7-9-12-26)35(50)42-19-10-18-41-30(37(51)57-40(3,4)5)31(47)34-32(48)33(49)36(56-34)44-20-17-29(46)45(39(44)53)22-25-13-15-27(54-6)16-14-25/h7-9,11-17,20,24,28,30-34,36,41,47-49H,10,18-19,21-23H2,1-6H3,(H,42,50)(H,43,52)/t28-,30-,31?,32-,33+,34+,36+/m0/s1. The van der Waals surface area contributed by atoms with Gasteiger partial charge in [-0.15, -0.1) is 0 Å². The first-order chi connectivity index (χ1) is 27.0. The quantitative estimate of drug-likeness (QED) is 0.0787. The van der Waals surface area contributed by atoms with E-state index in [4.69, 9.17) is 18.9 Å². The molecule has 0 spiro atoms. The molecule has 2 amide bonds. The van der Waals surface area contributed by atoms with Crippen LogP contribution in [0.5, 0.6) is 5.75 Å². The second-order valence-corrected chi connectivity index (χ2v) is 15.2. The van der Waals surface area contributed by atoms with Gasteiger partial charge in [-0.25, -0.2) is 9.59 Å². The van der Waals surface area contributed by atoms with Crippen molar-refractivity contribution >= 4 is 18.0 Å². The molecule has 0 aliphatic carbocycles. The predicted octanol–water partition coefficient (Wildman–Crippen LogP) is 1.19. The number of ether oxygens (including phenoxy) is 4. The highest BCUT2D eigenvalue weighted by Gasteiger charge is 2.50. The third-order valence-electron chi connectivity index (χ3n) is 9.03. The molecule has 6 N–H and O–H groups in total. The number of esters is 1. The summed E-state index contributed by atoms with van der Waals surface area (Å²) in [4.78, 5) is 65.3. The maximum atomic E-state index is 13.5. The number of aromatic nitrogens is 2. The van der Waals surface area contributed by atoms with Crippen LogP contribution in [-0.4, -0.2) is 105 Å². The van der Waals surface area contributed by atoms with Crippen molar-refractivity contribution < 1.29 is 48.7 Å². The summed E-state index contributed by atoms with van der Waals surface area (Å²) >= 11 is 0. The van der Waals surface area contributed by atoms with Crippen LogP contribution in [0.2, 0.25) is 0 Å². The third-order valence-corrected chi connectivity index (χ3v) is 9.03. The zero-order valence-corrected chi connectivity index (χ0v) is 33.1. The number of carbonyl (C=O) groups excluding carboxylic acids is 3. The van der Waals surface area contributed by atoms with Gasteiger partial charge in [0.05, 0.1) is 13.7 Å². The van der Waals surface area contributed by atoms with Gasteiger partial charge in [0.2, 0.25) is 5.91 Å². The Balaban J connectivity index is 1.40. The Morgan fingerprint density at radius 1 is 0.930 bits per heavy atom. The molecule has 1 unspecified atom stereocenters. The monoisotopic (exact) mass is 797 g/mol. The van der Waals surface area contributed by atoms with Gasteiger partial charge in [0.15, 0.2) is 6.23 Å². The van der Waals surface area contributed by atoms with Crippen LogP contribution in [0.4, 0.5) is 4.79 Å². The summed E-state index contributed by atoms with van der Waals surface area (Å²) in [6.45, 7) is 8.85. The highest BCUT2D eigenvalue weighted by molar-refractivity contribution is 5.85. The second-order valence-electron chi connectivity index (χ2n) is 15.2. The number of benzene rings is 2. The minimum absolute atomic E-state index is 0.0416. The van der Waals surface area contributed by atoms with Crippen LogP contribution in [0, 0.1) is 5.92 Å². The molecule has 0 saturated carbocycles. The molecule has 1 aliphatic rings. The summed E-state index contributed by atoms with van der Waals surface area (Å²) in [5.74, 6) is -0.656. The fraction of sp³-hybridized carbons (Fsp3) is 0.525. The molecule has 57 heavy (non-hydrogen) atoms. The van der Waals surface area contributed by atoms with Crippen LogP contribution in [-0.2, 0) is 37.0 Å². The molecule has 1 aliphatic heterocycles. The first kappa shape index (κ1) is 44.6. The number of hydrogen-bond acceptors (Lipinski definition) is 13. The first-order valence-electron chi connectivity index (χ1n) is 18.8. The van der Waals surface area contributed by atoms with Crippen LogP contribution in [0.3, 0.4) is 0 Å². The molecule has 0 bridgehead atoms. The summed E-state index contributed by atoms with van der Waals surface area (Å²) in [6, 6.07) is 14.6.